The Kier molecular flexibility index (Phi) is 6.41. The molecule has 152 valence electrons. The van der Waals surface area contributed by atoms with Gasteiger partial charge in [-0.1, -0.05) is 49.4 Å². The van der Waals surface area contributed by atoms with Crippen LogP contribution in [0.4, 0.5) is 5.13 Å². The summed E-state index contributed by atoms with van der Waals surface area (Å²) in [6.45, 7) is 6.34. The van der Waals surface area contributed by atoms with Crippen molar-refractivity contribution in [1.82, 2.24) is 14.5 Å². The number of anilines is 1. The molecule has 1 aromatic heterocycles. The number of hydrogen-bond donors (Lipinski definition) is 1. The number of carbonyl (C=O) groups excluding carboxylic acids is 1. The molecule has 7 nitrogen and oxygen atoms in total. The molecule has 29 heavy (non-hydrogen) atoms. The Hall–Kier alpha value is -2.62. The number of amides is 1. The van der Waals surface area contributed by atoms with Crippen LogP contribution in [0.1, 0.15) is 29.8 Å². The first-order valence-electron chi connectivity index (χ1n) is 9.18. The maximum Gasteiger partial charge on any atom is 0.257 e. The molecule has 1 N–H and O–H groups in total. The molecule has 0 spiro atoms. The molecule has 0 radical (unpaired) electrons. The summed E-state index contributed by atoms with van der Waals surface area (Å²) in [5, 5.41) is 12.0. The van der Waals surface area contributed by atoms with Crippen LogP contribution in [0.3, 0.4) is 0 Å². The first-order chi connectivity index (χ1) is 13.9. The Labute approximate surface area is 174 Å². The van der Waals surface area contributed by atoms with Crippen molar-refractivity contribution in [2.45, 2.75) is 25.7 Å². The van der Waals surface area contributed by atoms with Gasteiger partial charge in [0.05, 0.1) is 4.90 Å². The Morgan fingerprint density at radius 2 is 1.69 bits per heavy atom. The topological polar surface area (TPSA) is 92.3 Å². The second-order valence-corrected chi connectivity index (χ2v) is 9.21. The number of rotatable bonds is 7. The average molecular weight is 431 g/mol. The highest BCUT2D eigenvalue weighted by Gasteiger charge is 2.22. The van der Waals surface area contributed by atoms with E-state index in [9.17, 15) is 13.2 Å². The first-order valence-corrected chi connectivity index (χ1v) is 11.4. The molecule has 0 saturated heterocycles. The van der Waals surface area contributed by atoms with E-state index < -0.39 is 10.0 Å². The average Bonchev–Trinajstić information content (AvgIpc) is 3.17. The Morgan fingerprint density at radius 1 is 1.03 bits per heavy atom. The van der Waals surface area contributed by atoms with Crippen LogP contribution in [-0.2, 0) is 10.0 Å². The molecule has 1 heterocycles. The molecule has 1 amide bonds. The molecular formula is C20H22N4O3S2. The standard InChI is InChI=1S/C20H22N4O3S2/c1-4-24(5-2)29(26,27)16-12-10-15(11-13-16)18(25)21-20-23-22-19(28-20)17-9-7-6-8-14(17)3/h6-13H,4-5H2,1-3H3,(H,21,23,25). The van der Waals surface area contributed by atoms with E-state index in [-0.39, 0.29) is 10.8 Å². The van der Waals surface area contributed by atoms with Gasteiger partial charge in [-0.2, -0.15) is 4.31 Å². The zero-order chi connectivity index (χ0) is 21.0. The van der Waals surface area contributed by atoms with Crippen molar-refractivity contribution in [3.8, 4) is 10.6 Å². The number of benzene rings is 2. The zero-order valence-electron chi connectivity index (χ0n) is 16.4. The number of aromatic nitrogens is 2. The normalized spacial score (nSPS) is 11.6. The van der Waals surface area contributed by atoms with Crippen molar-refractivity contribution in [2.75, 3.05) is 18.4 Å². The van der Waals surface area contributed by atoms with Gasteiger partial charge >= 0.3 is 0 Å². The minimum atomic E-state index is -3.55. The van der Waals surface area contributed by atoms with Gasteiger partial charge in [0, 0.05) is 24.2 Å². The molecule has 3 aromatic rings. The summed E-state index contributed by atoms with van der Waals surface area (Å²) in [7, 11) is -3.55. The van der Waals surface area contributed by atoms with Crippen LogP contribution in [0, 0.1) is 6.92 Å². The largest absolute Gasteiger partial charge is 0.296 e. The Morgan fingerprint density at radius 3 is 2.31 bits per heavy atom. The van der Waals surface area contributed by atoms with Gasteiger partial charge in [0.1, 0.15) is 5.01 Å². The van der Waals surface area contributed by atoms with Crippen LogP contribution in [0.5, 0.6) is 0 Å². The molecule has 0 atom stereocenters. The SMILES string of the molecule is CCN(CC)S(=O)(=O)c1ccc(C(=O)Nc2nnc(-c3ccccc3C)s2)cc1. The van der Waals surface area contributed by atoms with E-state index in [0.717, 1.165) is 16.1 Å². The molecular weight excluding hydrogens is 408 g/mol. The lowest BCUT2D eigenvalue weighted by Gasteiger charge is -2.18. The summed E-state index contributed by atoms with van der Waals surface area (Å²) >= 11 is 1.28. The minimum Gasteiger partial charge on any atom is -0.296 e. The lowest BCUT2D eigenvalue weighted by atomic mass is 10.1. The van der Waals surface area contributed by atoms with Crippen LogP contribution >= 0.6 is 11.3 Å². The van der Waals surface area contributed by atoms with Crippen molar-refractivity contribution < 1.29 is 13.2 Å². The summed E-state index contributed by atoms with van der Waals surface area (Å²) in [6, 6.07) is 13.7. The molecule has 0 unspecified atom stereocenters. The monoisotopic (exact) mass is 430 g/mol. The van der Waals surface area contributed by atoms with Gasteiger partial charge in [-0.25, -0.2) is 8.42 Å². The van der Waals surface area contributed by atoms with E-state index in [4.69, 9.17) is 0 Å². The maximum absolute atomic E-state index is 12.5. The summed E-state index contributed by atoms with van der Waals surface area (Å²) in [4.78, 5) is 12.7. The van der Waals surface area contributed by atoms with E-state index in [1.807, 2.05) is 31.2 Å². The van der Waals surface area contributed by atoms with Crippen molar-refractivity contribution in [2.24, 2.45) is 0 Å². The van der Waals surface area contributed by atoms with Crippen molar-refractivity contribution in [3.05, 3.63) is 59.7 Å². The third-order valence-electron chi connectivity index (χ3n) is 4.48. The Bertz CT molecular complexity index is 1100. The van der Waals surface area contributed by atoms with Crippen LogP contribution < -0.4 is 5.32 Å². The van der Waals surface area contributed by atoms with Crippen LogP contribution in [0.25, 0.3) is 10.6 Å². The van der Waals surface area contributed by atoms with Gasteiger partial charge in [-0.05, 0) is 36.8 Å². The molecule has 2 aromatic carbocycles. The summed E-state index contributed by atoms with van der Waals surface area (Å²) < 4.78 is 26.5. The lowest BCUT2D eigenvalue weighted by molar-refractivity contribution is 0.102. The van der Waals surface area contributed by atoms with Gasteiger partial charge in [0.2, 0.25) is 15.2 Å². The third-order valence-corrected chi connectivity index (χ3v) is 7.42. The lowest BCUT2D eigenvalue weighted by Crippen LogP contribution is -2.30. The number of nitrogens with zero attached hydrogens (tertiary/aromatic N) is 3. The van der Waals surface area contributed by atoms with Gasteiger partial charge in [-0.15, -0.1) is 10.2 Å². The second kappa shape index (κ2) is 8.81. The smallest absolute Gasteiger partial charge is 0.257 e. The van der Waals surface area contributed by atoms with Crippen LogP contribution in [0.2, 0.25) is 0 Å². The molecule has 0 aliphatic heterocycles. The second-order valence-electron chi connectivity index (χ2n) is 6.30. The van der Waals surface area contributed by atoms with E-state index in [0.29, 0.717) is 23.8 Å². The predicted molar refractivity (Wildman–Crippen MR) is 115 cm³/mol. The maximum atomic E-state index is 12.5. The van der Waals surface area contributed by atoms with Crippen LogP contribution in [-0.4, -0.2) is 41.9 Å². The number of aryl methyl sites for hydroxylation is 1. The van der Waals surface area contributed by atoms with Gasteiger partial charge < -0.3 is 0 Å². The quantitative estimate of drug-likeness (QED) is 0.616. The number of hydrogen-bond acceptors (Lipinski definition) is 6. The number of nitrogens with one attached hydrogen (secondary N) is 1. The van der Waals surface area contributed by atoms with E-state index >= 15 is 0 Å². The first kappa shape index (κ1) is 21.1. The summed E-state index contributed by atoms with van der Waals surface area (Å²) in [5.74, 6) is -0.371. The number of sulfonamides is 1. The Balaban J connectivity index is 1.75. The molecule has 0 aliphatic carbocycles. The molecule has 9 heteroatoms. The minimum absolute atomic E-state index is 0.163. The highest BCUT2D eigenvalue weighted by molar-refractivity contribution is 7.89. The predicted octanol–water partition coefficient (Wildman–Crippen LogP) is 3.80. The third kappa shape index (κ3) is 4.52. The fourth-order valence-corrected chi connectivity index (χ4v) is 5.14. The zero-order valence-corrected chi connectivity index (χ0v) is 18.0. The fourth-order valence-electron chi connectivity index (χ4n) is 2.86. The molecule has 0 fully saturated rings. The van der Waals surface area contributed by atoms with Gasteiger partial charge in [0.25, 0.3) is 5.91 Å². The summed E-state index contributed by atoms with van der Waals surface area (Å²) in [6.07, 6.45) is 0. The molecule has 0 saturated carbocycles. The molecule has 3 rings (SSSR count). The fraction of sp³-hybridized carbons (Fsp3) is 0.250. The van der Waals surface area contributed by atoms with E-state index in [1.165, 1.54) is 39.9 Å². The van der Waals surface area contributed by atoms with Crippen LogP contribution in [0.15, 0.2) is 53.4 Å². The van der Waals surface area contributed by atoms with E-state index in [1.54, 1.807) is 13.8 Å². The molecule has 0 aliphatic rings. The van der Waals surface area contributed by atoms with E-state index in [2.05, 4.69) is 15.5 Å². The van der Waals surface area contributed by atoms with Gasteiger partial charge in [-0.3, -0.25) is 10.1 Å². The van der Waals surface area contributed by atoms with Crippen molar-refractivity contribution in [3.63, 3.8) is 0 Å². The number of carbonyl (C=O) groups is 1. The molecule has 0 bridgehead atoms. The van der Waals surface area contributed by atoms with Gasteiger partial charge in [0.15, 0.2) is 0 Å². The van der Waals surface area contributed by atoms with Crippen molar-refractivity contribution >= 4 is 32.4 Å². The van der Waals surface area contributed by atoms with Crippen molar-refractivity contribution in [1.29, 1.82) is 0 Å². The highest BCUT2D eigenvalue weighted by Crippen LogP contribution is 2.29. The summed E-state index contributed by atoms with van der Waals surface area (Å²) in [5.41, 5.74) is 2.39. The highest BCUT2D eigenvalue weighted by atomic mass is 32.2.